The van der Waals surface area contributed by atoms with Crippen molar-refractivity contribution in [3.63, 3.8) is 0 Å². The zero-order valence-electron chi connectivity index (χ0n) is 9.99. The van der Waals surface area contributed by atoms with E-state index < -0.39 is 0 Å². The molecule has 3 rings (SSSR count). The summed E-state index contributed by atoms with van der Waals surface area (Å²) >= 11 is 1.58. The van der Waals surface area contributed by atoms with Crippen molar-refractivity contribution in [2.45, 2.75) is 13.0 Å². The van der Waals surface area contributed by atoms with Crippen LogP contribution in [0.3, 0.4) is 0 Å². The highest BCUT2D eigenvalue weighted by atomic mass is 32.1. The summed E-state index contributed by atoms with van der Waals surface area (Å²) < 4.78 is 0. The zero-order valence-corrected chi connectivity index (χ0v) is 10.8. The lowest BCUT2D eigenvalue weighted by Crippen LogP contribution is -2.23. The van der Waals surface area contributed by atoms with Crippen molar-refractivity contribution < 1.29 is 0 Å². The lowest BCUT2D eigenvalue weighted by Gasteiger charge is -2.18. The molecule has 0 saturated heterocycles. The molecule has 0 saturated carbocycles. The van der Waals surface area contributed by atoms with E-state index >= 15 is 0 Å². The summed E-state index contributed by atoms with van der Waals surface area (Å²) in [6, 6.07) is 10.3. The fraction of sp³-hybridized carbons (Fsp3) is 0.214. The molecule has 0 amide bonds. The van der Waals surface area contributed by atoms with Gasteiger partial charge in [0.15, 0.2) is 0 Å². The number of fused-ring (bicyclic) bond motifs is 1. The van der Waals surface area contributed by atoms with Gasteiger partial charge in [-0.2, -0.15) is 0 Å². The van der Waals surface area contributed by atoms with Gasteiger partial charge in [0.05, 0.1) is 4.88 Å². The minimum Gasteiger partial charge on any atom is -0.340 e. The molecule has 1 aliphatic heterocycles. The summed E-state index contributed by atoms with van der Waals surface area (Å²) in [6.07, 6.45) is 1.10. The number of hydrogen-bond donors (Lipinski definition) is 3. The van der Waals surface area contributed by atoms with Crippen molar-refractivity contribution in [3.8, 4) is 0 Å². The van der Waals surface area contributed by atoms with E-state index in [0.717, 1.165) is 30.1 Å². The second-order valence-corrected chi connectivity index (χ2v) is 5.34. The van der Waals surface area contributed by atoms with Gasteiger partial charge in [-0.15, -0.1) is 11.3 Å². The highest BCUT2D eigenvalue weighted by Crippen LogP contribution is 2.20. The van der Waals surface area contributed by atoms with Gasteiger partial charge in [-0.3, -0.25) is 5.41 Å². The lowest BCUT2D eigenvalue weighted by atomic mass is 10.0. The minimum atomic E-state index is 0.466. The van der Waals surface area contributed by atoms with E-state index in [4.69, 9.17) is 5.41 Å². The predicted molar refractivity (Wildman–Crippen MR) is 76.6 cm³/mol. The van der Waals surface area contributed by atoms with Crippen molar-refractivity contribution in [3.05, 3.63) is 51.7 Å². The van der Waals surface area contributed by atoms with Crippen LogP contribution >= 0.6 is 11.3 Å². The van der Waals surface area contributed by atoms with Crippen LogP contribution in [0, 0.1) is 5.41 Å². The molecule has 1 aliphatic rings. The van der Waals surface area contributed by atoms with Crippen LogP contribution in [0.5, 0.6) is 0 Å². The van der Waals surface area contributed by atoms with Gasteiger partial charge in [0.2, 0.25) is 0 Å². The Morgan fingerprint density at radius 3 is 3.06 bits per heavy atom. The molecule has 2 heterocycles. The Balaban J connectivity index is 1.79. The van der Waals surface area contributed by atoms with Crippen molar-refractivity contribution in [2.75, 3.05) is 11.9 Å². The molecule has 4 heteroatoms. The molecular weight excluding hydrogens is 242 g/mol. The van der Waals surface area contributed by atoms with Crippen LogP contribution in [0.25, 0.3) is 0 Å². The number of rotatable bonds is 2. The Hall–Kier alpha value is -1.65. The van der Waals surface area contributed by atoms with Crippen LogP contribution in [-0.2, 0) is 13.0 Å². The highest BCUT2D eigenvalue weighted by molar-refractivity contribution is 7.12. The lowest BCUT2D eigenvalue weighted by molar-refractivity contribution is 0.644. The number of thiophene rings is 1. The monoisotopic (exact) mass is 257 g/mol. The molecule has 0 unspecified atom stereocenters. The summed E-state index contributed by atoms with van der Waals surface area (Å²) in [5.41, 5.74) is 3.75. The van der Waals surface area contributed by atoms with Gasteiger partial charge in [-0.1, -0.05) is 12.1 Å². The van der Waals surface area contributed by atoms with Gasteiger partial charge in [0.25, 0.3) is 0 Å². The largest absolute Gasteiger partial charge is 0.340 e. The van der Waals surface area contributed by atoms with Crippen LogP contribution in [0.2, 0.25) is 0 Å². The second kappa shape index (κ2) is 4.92. The molecule has 3 nitrogen and oxygen atoms in total. The molecule has 3 N–H and O–H groups in total. The molecule has 1 aromatic heterocycles. The molecule has 0 aliphatic carbocycles. The standard InChI is InChI=1S/C14H15N3S/c15-14(13-2-1-7-18-13)17-12-4-3-10-5-6-16-9-11(10)8-12/h1-4,7-8,16H,5-6,9H2,(H2,15,17). The number of hydrogen-bond acceptors (Lipinski definition) is 3. The molecule has 92 valence electrons. The topological polar surface area (TPSA) is 47.9 Å². The molecule has 0 spiro atoms. The van der Waals surface area contributed by atoms with Crippen molar-refractivity contribution in [1.29, 1.82) is 5.41 Å². The third kappa shape index (κ3) is 2.30. The van der Waals surface area contributed by atoms with Gasteiger partial charge in [0, 0.05) is 12.2 Å². The summed E-state index contributed by atoms with van der Waals surface area (Å²) in [6.45, 7) is 1.99. The van der Waals surface area contributed by atoms with Gasteiger partial charge < -0.3 is 10.6 Å². The fourth-order valence-electron chi connectivity index (χ4n) is 2.18. The number of nitrogens with one attached hydrogen (secondary N) is 3. The summed E-state index contributed by atoms with van der Waals surface area (Å²) in [4.78, 5) is 0.964. The molecule has 0 fully saturated rings. The van der Waals surface area contributed by atoms with Crippen LogP contribution in [0.1, 0.15) is 16.0 Å². The van der Waals surface area contributed by atoms with Crippen LogP contribution in [-0.4, -0.2) is 12.4 Å². The molecule has 0 bridgehead atoms. The van der Waals surface area contributed by atoms with E-state index in [2.05, 4.69) is 28.8 Å². The summed E-state index contributed by atoms with van der Waals surface area (Å²) in [7, 11) is 0. The summed E-state index contributed by atoms with van der Waals surface area (Å²) in [5.74, 6) is 0.466. The first kappa shape index (κ1) is 11.4. The van der Waals surface area contributed by atoms with E-state index in [1.807, 2.05) is 17.5 Å². The molecule has 1 aromatic carbocycles. The first-order chi connectivity index (χ1) is 8.83. The molecule has 18 heavy (non-hydrogen) atoms. The Kier molecular flexibility index (Phi) is 3.13. The zero-order chi connectivity index (χ0) is 12.4. The van der Waals surface area contributed by atoms with Gasteiger partial charge in [0.1, 0.15) is 5.84 Å². The van der Waals surface area contributed by atoms with E-state index in [9.17, 15) is 0 Å². The molecular formula is C14H15N3S. The quantitative estimate of drug-likeness (QED) is 0.572. The van der Waals surface area contributed by atoms with E-state index in [1.54, 1.807) is 11.3 Å². The minimum absolute atomic E-state index is 0.466. The van der Waals surface area contributed by atoms with E-state index in [-0.39, 0.29) is 0 Å². The Labute approximate surface area is 110 Å². The van der Waals surface area contributed by atoms with Crippen molar-refractivity contribution in [1.82, 2.24) is 5.32 Å². The average molecular weight is 257 g/mol. The van der Waals surface area contributed by atoms with Crippen LogP contribution < -0.4 is 10.6 Å². The predicted octanol–water partition coefficient (Wildman–Crippen LogP) is 2.83. The Morgan fingerprint density at radius 1 is 1.28 bits per heavy atom. The third-order valence-corrected chi connectivity index (χ3v) is 4.02. The second-order valence-electron chi connectivity index (χ2n) is 4.39. The molecule has 0 atom stereocenters. The number of anilines is 1. The average Bonchev–Trinajstić information content (AvgIpc) is 2.92. The van der Waals surface area contributed by atoms with E-state index in [0.29, 0.717) is 5.84 Å². The normalized spacial score (nSPS) is 14.0. The maximum absolute atomic E-state index is 8.01. The van der Waals surface area contributed by atoms with E-state index in [1.165, 1.54) is 11.1 Å². The Morgan fingerprint density at radius 2 is 2.22 bits per heavy atom. The van der Waals surface area contributed by atoms with Gasteiger partial charge in [-0.05, 0) is 47.7 Å². The maximum atomic E-state index is 8.01. The highest BCUT2D eigenvalue weighted by Gasteiger charge is 2.09. The summed E-state index contributed by atoms with van der Waals surface area (Å²) in [5, 5.41) is 16.5. The maximum Gasteiger partial charge on any atom is 0.140 e. The fourth-order valence-corrected chi connectivity index (χ4v) is 2.81. The smallest absolute Gasteiger partial charge is 0.140 e. The van der Waals surface area contributed by atoms with Gasteiger partial charge >= 0.3 is 0 Å². The van der Waals surface area contributed by atoms with Crippen molar-refractivity contribution in [2.24, 2.45) is 0 Å². The first-order valence-corrected chi connectivity index (χ1v) is 6.93. The number of amidine groups is 1. The van der Waals surface area contributed by atoms with Crippen LogP contribution in [0.4, 0.5) is 5.69 Å². The Bertz CT molecular complexity index is 560. The molecule has 0 radical (unpaired) electrons. The molecule has 2 aromatic rings. The van der Waals surface area contributed by atoms with Gasteiger partial charge in [-0.25, -0.2) is 0 Å². The van der Waals surface area contributed by atoms with Crippen molar-refractivity contribution >= 4 is 22.9 Å². The third-order valence-electron chi connectivity index (χ3n) is 3.13. The SMILES string of the molecule is N=C(Nc1ccc2c(c1)CNCC2)c1cccs1. The first-order valence-electron chi connectivity index (χ1n) is 6.05. The number of benzene rings is 1. The van der Waals surface area contributed by atoms with Crippen LogP contribution in [0.15, 0.2) is 35.7 Å².